The van der Waals surface area contributed by atoms with Gasteiger partial charge in [-0.3, -0.25) is 9.89 Å². The van der Waals surface area contributed by atoms with Gasteiger partial charge < -0.3 is 24.6 Å². The molecule has 1 aromatic carbocycles. The summed E-state index contributed by atoms with van der Waals surface area (Å²) in [5.74, 6) is 3.02. The number of rotatable bonds is 10. The number of hydrogen-bond acceptors (Lipinski definition) is 7. The van der Waals surface area contributed by atoms with Gasteiger partial charge in [-0.1, -0.05) is 17.3 Å². The van der Waals surface area contributed by atoms with Crippen LogP contribution < -0.4 is 15.4 Å². The number of methoxy groups -OCH3 is 1. The maximum absolute atomic E-state index is 5.55. The van der Waals surface area contributed by atoms with Crippen molar-refractivity contribution in [2.45, 2.75) is 32.7 Å². The Morgan fingerprint density at radius 1 is 1.22 bits per heavy atom. The first-order valence-corrected chi connectivity index (χ1v) is 11.0. The largest absolute Gasteiger partial charge is 0.497 e. The van der Waals surface area contributed by atoms with Crippen molar-refractivity contribution < 1.29 is 14.0 Å². The third-order valence-electron chi connectivity index (χ3n) is 5.18. The molecule has 1 fully saturated rings. The molecule has 9 nitrogen and oxygen atoms in total. The molecule has 1 aliphatic heterocycles. The summed E-state index contributed by atoms with van der Waals surface area (Å²) in [5, 5.41) is 10.6. The molecule has 2 heterocycles. The molecule has 3 rings (SSSR count). The van der Waals surface area contributed by atoms with Crippen molar-refractivity contribution >= 4 is 29.9 Å². The van der Waals surface area contributed by atoms with Crippen LogP contribution >= 0.6 is 24.0 Å². The average Bonchev–Trinajstić information content (AvgIpc) is 3.22. The highest BCUT2D eigenvalue weighted by atomic mass is 127. The number of benzene rings is 1. The Hall–Kier alpha value is -1.92. The summed E-state index contributed by atoms with van der Waals surface area (Å²) in [6, 6.07) is 8.46. The third-order valence-corrected chi connectivity index (χ3v) is 5.18. The Bertz CT molecular complexity index is 808. The summed E-state index contributed by atoms with van der Waals surface area (Å²) < 4.78 is 16.0. The Morgan fingerprint density at radius 2 is 1.97 bits per heavy atom. The van der Waals surface area contributed by atoms with Crippen LogP contribution in [0.25, 0.3) is 0 Å². The van der Waals surface area contributed by atoms with E-state index in [2.05, 4.69) is 44.7 Å². The summed E-state index contributed by atoms with van der Waals surface area (Å²) in [6.45, 7) is 9.45. The number of hydrogen-bond donors (Lipinski definition) is 2. The molecule has 2 N–H and O–H groups in total. The van der Waals surface area contributed by atoms with Crippen molar-refractivity contribution in [3.63, 3.8) is 0 Å². The van der Waals surface area contributed by atoms with Crippen LogP contribution in [0.4, 0.5) is 0 Å². The number of morpholine rings is 1. The molecule has 0 spiro atoms. The lowest BCUT2D eigenvalue weighted by Crippen LogP contribution is -2.42. The monoisotopic (exact) mass is 558 g/mol. The van der Waals surface area contributed by atoms with E-state index in [0.29, 0.717) is 18.3 Å². The van der Waals surface area contributed by atoms with Crippen LogP contribution in [0.15, 0.2) is 33.8 Å². The van der Waals surface area contributed by atoms with Gasteiger partial charge in [-0.2, -0.15) is 4.98 Å². The summed E-state index contributed by atoms with van der Waals surface area (Å²) >= 11 is 0. The normalized spacial score (nSPS) is 15.7. The van der Waals surface area contributed by atoms with E-state index in [-0.39, 0.29) is 30.0 Å². The summed E-state index contributed by atoms with van der Waals surface area (Å²) in [5.41, 5.74) is 1.23. The zero-order valence-corrected chi connectivity index (χ0v) is 21.5. The van der Waals surface area contributed by atoms with Crippen LogP contribution in [0, 0.1) is 6.92 Å². The molecule has 0 bridgehead atoms. The molecule has 1 saturated heterocycles. The standard InChI is InChI=1S/C22H34N6O3.HI/c1-4-23-22(24-11-5-6-21-26-17(2)27-31-21)25-16-20(28-12-14-30-15-13-28)18-7-9-19(29-3)10-8-18;/h7-10,20H,4-6,11-16H2,1-3H3,(H2,23,24,25);1H. The van der Waals surface area contributed by atoms with E-state index in [1.807, 2.05) is 19.1 Å². The van der Waals surface area contributed by atoms with E-state index < -0.39 is 0 Å². The predicted molar refractivity (Wildman–Crippen MR) is 135 cm³/mol. The van der Waals surface area contributed by atoms with E-state index in [1.165, 1.54) is 5.56 Å². The number of aliphatic imine (C=N–C) groups is 1. The van der Waals surface area contributed by atoms with Crippen molar-refractivity contribution in [1.82, 2.24) is 25.7 Å². The molecular formula is C22H35IN6O3. The lowest BCUT2D eigenvalue weighted by molar-refractivity contribution is 0.0179. The zero-order chi connectivity index (χ0) is 21.9. The number of nitrogens with zero attached hydrogens (tertiary/aromatic N) is 4. The summed E-state index contributed by atoms with van der Waals surface area (Å²) in [4.78, 5) is 11.6. The van der Waals surface area contributed by atoms with E-state index in [9.17, 15) is 0 Å². The maximum Gasteiger partial charge on any atom is 0.226 e. The molecule has 10 heteroatoms. The van der Waals surface area contributed by atoms with Gasteiger partial charge in [-0.15, -0.1) is 24.0 Å². The van der Waals surface area contributed by atoms with Crippen molar-refractivity contribution in [2.24, 2.45) is 4.99 Å². The summed E-state index contributed by atoms with van der Waals surface area (Å²) in [6.07, 6.45) is 1.63. The topological polar surface area (TPSA) is 97.0 Å². The molecule has 2 aromatic rings. The highest BCUT2D eigenvalue weighted by molar-refractivity contribution is 14.0. The molecule has 0 amide bonds. The van der Waals surface area contributed by atoms with Gasteiger partial charge in [0.25, 0.3) is 0 Å². The number of ether oxygens (including phenoxy) is 2. The number of aryl methyl sites for hydroxylation is 2. The maximum atomic E-state index is 5.55. The number of nitrogens with one attached hydrogen (secondary N) is 2. The fraction of sp³-hybridized carbons (Fsp3) is 0.591. The van der Waals surface area contributed by atoms with Gasteiger partial charge in [0.05, 0.1) is 32.9 Å². The minimum absolute atomic E-state index is 0. The molecule has 0 aliphatic carbocycles. The van der Waals surface area contributed by atoms with Crippen molar-refractivity contribution in [3.8, 4) is 5.75 Å². The molecule has 178 valence electrons. The molecular weight excluding hydrogens is 523 g/mol. The van der Waals surface area contributed by atoms with Crippen LogP contribution in [-0.2, 0) is 11.2 Å². The number of aromatic nitrogens is 2. The lowest BCUT2D eigenvalue weighted by atomic mass is 10.0. The van der Waals surface area contributed by atoms with Gasteiger partial charge in [0.2, 0.25) is 5.89 Å². The minimum atomic E-state index is 0. The minimum Gasteiger partial charge on any atom is -0.497 e. The van der Waals surface area contributed by atoms with Gasteiger partial charge in [0, 0.05) is 32.6 Å². The molecule has 1 unspecified atom stereocenters. The van der Waals surface area contributed by atoms with Gasteiger partial charge in [0.15, 0.2) is 11.8 Å². The number of halogens is 1. The SMILES string of the molecule is CCNC(=NCC(c1ccc(OC)cc1)N1CCOCC1)NCCCc1nc(C)no1.I. The van der Waals surface area contributed by atoms with E-state index in [0.717, 1.165) is 63.9 Å². The van der Waals surface area contributed by atoms with Crippen molar-refractivity contribution in [3.05, 3.63) is 41.5 Å². The Morgan fingerprint density at radius 3 is 2.59 bits per heavy atom. The van der Waals surface area contributed by atoms with Crippen molar-refractivity contribution in [2.75, 3.05) is 53.0 Å². The van der Waals surface area contributed by atoms with Crippen LogP contribution in [0.3, 0.4) is 0 Å². The van der Waals surface area contributed by atoms with Crippen LogP contribution in [-0.4, -0.2) is 74.0 Å². The van der Waals surface area contributed by atoms with Gasteiger partial charge in [-0.25, -0.2) is 0 Å². The highest BCUT2D eigenvalue weighted by Crippen LogP contribution is 2.24. The Balaban J connectivity index is 0.00000363. The fourth-order valence-electron chi connectivity index (χ4n) is 3.55. The second-order valence-electron chi connectivity index (χ2n) is 7.42. The highest BCUT2D eigenvalue weighted by Gasteiger charge is 2.22. The Kier molecular flexibility index (Phi) is 11.7. The van der Waals surface area contributed by atoms with Gasteiger partial charge in [0.1, 0.15) is 5.75 Å². The zero-order valence-electron chi connectivity index (χ0n) is 19.2. The van der Waals surface area contributed by atoms with E-state index in [1.54, 1.807) is 7.11 Å². The molecule has 1 aromatic heterocycles. The molecule has 32 heavy (non-hydrogen) atoms. The fourth-order valence-corrected chi connectivity index (χ4v) is 3.55. The molecule has 0 saturated carbocycles. The van der Waals surface area contributed by atoms with Crippen LogP contribution in [0.1, 0.15) is 36.7 Å². The first-order valence-electron chi connectivity index (χ1n) is 11.0. The molecule has 1 atom stereocenters. The van der Waals surface area contributed by atoms with E-state index in [4.69, 9.17) is 19.0 Å². The first kappa shape index (κ1) is 26.3. The molecule has 1 aliphatic rings. The lowest BCUT2D eigenvalue weighted by Gasteiger charge is -2.34. The number of guanidine groups is 1. The predicted octanol–water partition coefficient (Wildman–Crippen LogP) is 2.57. The quantitative estimate of drug-likeness (QED) is 0.199. The summed E-state index contributed by atoms with van der Waals surface area (Å²) in [7, 11) is 1.69. The van der Waals surface area contributed by atoms with Gasteiger partial charge in [-0.05, 0) is 38.0 Å². The average molecular weight is 558 g/mol. The third kappa shape index (κ3) is 8.21. The van der Waals surface area contributed by atoms with Gasteiger partial charge >= 0.3 is 0 Å². The molecule has 0 radical (unpaired) electrons. The second kappa shape index (κ2) is 14.3. The van der Waals surface area contributed by atoms with Crippen LogP contribution in [0.5, 0.6) is 5.75 Å². The first-order chi connectivity index (χ1) is 15.2. The second-order valence-corrected chi connectivity index (χ2v) is 7.42. The smallest absolute Gasteiger partial charge is 0.226 e. The Labute approximate surface area is 207 Å². The van der Waals surface area contributed by atoms with E-state index >= 15 is 0 Å². The van der Waals surface area contributed by atoms with Crippen LogP contribution in [0.2, 0.25) is 0 Å². The van der Waals surface area contributed by atoms with Crippen molar-refractivity contribution in [1.29, 1.82) is 0 Å².